The summed E-state index contributed by atoms with van der Waals surface area (Å²) in [5, 5.41) is 0.650. The summed E-state index contributed by atoms with van der Waals surface area (Å²) >= 11 is 0. The second-order valence-electron chi connectivity index (χ2n) is 6.66. The molecule has 1 atom stereocenters. The van der Waals surface area contributed by atoms with Crippen molar-refractivity contribution in [1.29, 1.82) is 0 Å². The second-order valence-corrected chi connectivity index (χ2v) is 12.2. The lowest BCUT2D eigenvalue weighted by molar-refractivity contribution is -0.137. The van der Waals surface area contributed by atoms with Gasteiger partial charge in [-0.2, -0.15) is 0 Å². The molecule has 2 nitrogen and oxygen atoms in total. The van der Waals surface area contributed by atoms with E-state index in [0.717, 1.165) is 6.42 Å². The highest BCUT2D eigenvalue weighted by atomic mass is 28.3. The maximum atomic E-state index is 11.1. The van der Waals surface area contributed by atoms with Crippen LogP contribution in [0.15, 0.2) is 12.7 Å². The van der Waals surface area contributed by atoms with Gasteiger partial charge in [-0.1, -0.05) is 64.7 Å². The van der Waals surface area contributed by atoms with Crippen LogP contribution in [-0.4, -0.2) is 20.7 Å². The minimum Gasteiger partial charge on any atom is -0.463 e. The highest BCUT2D eigenvalue weighted by Crippen LogP contribution is 2.58. The molecule has 0 N–H and O–H groups in total. The van der Waals surface area contributed by atoms with Crippen LogP contribution in [0.25, 0.3) is 0 Å². The lowest BCUT2D eigenvalue weighted by Gasteiger charge is -2.53. The van der Waals surface area contributed by atoms with Gasteiger partial charge in [0.25, 0.3) is 0 Å². The summed E-state index contributed by atoms with van der Waals surface area (Å²) in [4.78, 5) is 11.1. The Hall–Kier alpha value is -0.573. The molecule has 1 aliphatic heterocycles. The Bertz CT molecular complexity index is 336. The average Bonchev–Trinajstić information content (AvgIpc) is 2.54. The van der Waals surface area contributed by atoms with E-state index in [2.05, 4.69) is 27.4 Å². The van der Waals surface area contributed by atoms with E-state index in [4.69, 9.17) is 4.74 Å². The first-order chi connectivity index (χ1) is 10.1. The van der Waals surface area contributed by atoms with Crippen LogP contribution >= 0.6 is 0 Å². The van der Waals surface area contributed by atoms with Crippen LogP contribution in [0.4, 0.5) is 0 Å². The summed E-state index contributed by atoms with van der Waals surface area (Å²) in [7, 11) is -1.12. The lowest BCUT2D eigenvalue weighted by Crippen LogP contribution is -2.49. The molecule has 0 spiro atoms. The zero-order valence-corrected chi connectivity index (χ0v) is 15.4. The minimum absolute atomic E-state index is 0.288. The third kappa shape index (κ3) is 4.21. The third-order valence-corrected chi connectivity index (χ3v) is 13.3. The third-order valence-electron chi connectivity index (χ3n) is 6.18. The molecule has 0 radical (unpaired) electrons. The van der Waals surface area contributed by atoms with Crippen molar-refractivity contribution >= 4 is 14.0 Å². The SMILES string of the molecule is C=CC(=O)OCCCCC1(CC)CCCC[Si]1(CC)CC. The molecular formula is C18H34O2Si. The van der Waals surface area contributed by atoms with Gasteiger partial charge in [0.05, 0.1) is 14.7 Å². The maximum Gasteiger partial charge on any atom is 0.330 e. The Labute approximate surface area is 132 Å². The Kier molecular flexibility index (Phi) is 7.72. The van der Waals surface area contributed by atoms with Crippen molar-refractivity contribution in [2.75, 3.05) is 6.61 Å². The number of carbonyl (C=O) groups is 1. The molecule has 1 heterocycles. The number of unbranched alkanes of at least 4 members (excludes halogenated alkanes) is 1. The summed E-state index contributed by atoms with van der Waals surface area (Å²) < 4.78 is 5.11. The number of hydrogen-bond acceptors (Lipinski definition) is 2. The standard InChI is InChI=1S/C18H34O2Si/c1-5-17(19)20-15-11-9-13-18(6-2)14-10-12-16-21(18,7-3)8-4/h5H,1,6-16H2,2-4H3. The van der Waals surface area contributed by atoms with E-state index in [-0.39, 0.29) is 5.97 Å². The summed E-state index contributed by atoms with van der Waals surface area (Å²) in [6, 6.07) is 4.44. The van der Waals surface area contributed by atoms with Gasteiger partial charge in [-0.3, -0.25) is 0 Å². The molecule has 0 amide bonds. The predicted molar refractivity (Wildman–Crippen MR) is 93.4 cm³/mol. The van der Waals surface area contributed by atoms with Gasteiger partial charge >= 0.3 is 5.97 Å². The van der Waals surface area contributed by atoms with Gasteiger partial charge in [0.2, 0.25) is 0 Å². The van der Waals surface area contributed by atoms with E-state index in [1.54, 1.807) is 6.04 Å². The van der Waals surface area contributed by atoms with Crippen molar-refractivity contribution in [3.05, 3.63) is 12.7 Å². The molecule has 0 aromatic rings. The minimum atomic E-state index is -1.12. The van der Waals surface area contributed by atoms with Gasteiger partial charge in [0.15, 0.2) is 0 Å². The molecular weight excluding hydrogens is 276 g/mol. The van der Waals surface area contributed by atoms with Crippen molar-refractivity contribution in [2.24, 2.45) is 0 Å². The summed E-state index contributed by atoms with van der Waals surface area (Å²) in [6.45, 7) is 11.3. The molecule has 21 heavy (non-hydrogen) atoms. The van der Waals surface area contributed by atoms with Crippen LogP contribution in [0.1, 0.15) is 65.7 Å². The van der Waals surface area contributed by atoms with E-state index in [1.165, 1.54) is 56.7 Å². The highest BCUT2D eigenvalue weighted by molar-refractivity contribution is 6.82. The molecule has 1 saturated heterocycles. The van der Waals surface area contributed by atoms with Crippen LogP contribution in [0.3, 0.4) is 0 Å². The molecule has 1 unspecified atom stereocenters. The molecule has 0 bridgehead atoms. The number of esters is 1. The molecule has 0 saturated carbocycles. The van der Waals surface area contributed by atoms with Crippen molar-refractivity contribution in [3.8, 4) is 0 Å². The predicted octanol–water partition coefficient (Wildman–Crippen LogP) is 5.71. The fraction of sp³-hybridized carbons (Fsp3) is 0.833. The van der Waals surface area contributed by atoms with Crippen LogP contribution in [0, 0.1) is 0 Å². The van der Waals surface area contributed by atoms with E-state index in [0.29, 0.717) is 11.6 Å². The summed E-state index contributed by atoms with van der Waals surface area (Å²) in [6.07, 6.45) is 10.5. The Morgan fingerprint density at radius 3 is 2.52 bits per heavy atom. The smallest absolute Gasteiger partial charge is 0.330 e. The number of rotatable bonds is 9. The lowest BCUT2D eigenvalue weighted by atomic mass is 9.91. The van der Waals surface area contributed by atoms with Crippen LogP contribution in [-0.2, 0) is 9.53 Å². The molecule has 0 aromatic heterocycles. The summed E-state index contributed by atoms with van der Waals surface area (Å²) in [5.74, 6) is -0.288. The van der Waals surface area contributed by atoms with Crippen molar-refractivity contribution < 1.29 is 9.53 Å². The monoisotopic (exact) mass is 310 g/mol. The average molecular weight is 311 g/mol. The fourth-order valence-electron chi connectivity index (χ4n) is 4.73. The van der Waals surface area contributed by atoms with Crippen molar-refractivity contribution in [2.45, 2.75) is 88.9 Å². The fourth-order valence-corrected chi connectivity index (χ4v) is 11.1. The zero-order valence-electron chi connectivity index (χ0n) is 14.4. The normalized spacial score (nSPS) is 24.5. The van der Waals surface area contributed by atoms with Crippen LogP contribution in [0.5, 0.6) is 0 Å². The second kappa shape index (κ2) is 8.77. The molecule has 1 rings (SSSR count). The maximum absolute atomic E-state index is 11.1. The Balaban J connectivity index is 2.57. The zero-order chi connectivity index (χ0) is 15.8. The van der Waals surface area contributed by atoms with E-state index < -0.39 is 8.07 Å². The van der Waals surface area contributed by atoms with Gasteiger partial charge in [-0.05, 0) is 30.7 Å². The van der Waals surface area contributed by atoms with Gasteiger partial charge in [0.1, 0.15) is 0 Å². The largest absolute Gasteiger partial charge is 0.463 e. The van der Waals surface area contributed by atoms with Gasteiger partial charge in [-0.15, -0.1) is 0 Å². The Morgan fingerprint density at radius 1 is 1.24 bits per heavy atom. The summed E-state index contributed by atoms with van der Waals surface area (Å²) in [5.41, 5.74) is 0. The van der Waals surface area contributed by atoms with Gasteiger partial charge in [0, 0.05) is 6.08 Å². The van der Waals surface area contributed by atoms with Gasteiger partial charge < -0.3 is 4.74 Å². The molecule has 122 valence electrons. The first kappa shape index (κ1) is 18.5. The van der Waals surface area contributed by atoms with E-state index in [9.17, 15) is 4.79 Å². The van der Waals surface area contributed by atoms with Crippen molar-refractivity contribution in [1.82, 2.24) is 0 Å². The molecule has 1 aliphatic rings. The molecule has 1 fully saturated rings. The van der Waals surface area contributed by atoms with Gasteiger partial charge in [-0.25, -0.2) is 4.79 Å². The topological polar surface area (TPSA) is 26.3 Å². The van der Waals surface area contributed by atoms with E-state index >= 15 is 0 Å². The highest BCUT2D eigenvalue weighted by Gasteiger charge is 2.49. The molecule has 0 aromatic carbocycles. The first-order valence-corrected chi connectivity index (χ1v) is 11.5. The van der Waals surface area contributed by atoms with Crippen LogP contribution in [0.2, 0.25) is 23.2 Å². The number of hydrogen-bond donors (Lipinski definition) is 0. The molecule has 0 aliphatic carbocycles. The van der Waals surface area contributed by atoms with Crippen molar-refractivity contribution in [3.63, 3.8) is 0 Å². The number of ether oxygens (including phenoxy) is 1. The van der Waals surface area contributed by atoms with Crippen LogP contribution < -0.4 is 0 Å². The van der Waals surface area contributed by atoms with E-state index in [1.807, 2.05) is 0 Å². The molecule has 3 heteroatoms. The Morgan fingerprint density at radius 2 is 1.95 bits per heavy atom. The first-order valence-electron chi connectivity index (χ1n) is 8.89. The number of carbonyl (C=O) groups excluding carboxylic acids is 1. The quantitative estimate of drug-likeness (QED) is 0.236.